The minimum absolute atomic E-state index is 0.0293. The van der Waals surface area contributed by atoms with Gasteiger partial charge in [0.2, 0.25) is 5.84 Å². The van der Waals surface area contributed by atoms with Gasteiger partial charge in [-0.25, -0.2) is 4.99 Å². The van der Waals surface area contributed by atoms with Crippen molar-refractivity contribution in [2.75, 3.05) is 11.9 Å². The number of alkyl halides is 6. The van der Waals surface area contributed by atoms with Crippen molar-refractivity contribution in [3.8, 4) is 0 Å². The van der Waals surface area contributed by atoms with Gasteiger partial charge in [-0.2, -0.15) is 26.3 Å². The number of Topliss-reactive ketones (excluding diaryl/α,β-unsaturated/α-hetero) is 1. The first-order chi connectivity index (χ1) is 11.0. The molecule has 0 amide bonds. The highest BCUT2D eigenvalue weighted by Crippen LogP contribution is 2.42. The van der Waals surface area contributed by atoms with E-state index in [9.17, 15) is 31.1 Å². The van der Waals surface area contributed by atoms with E-state index in [1.165, 1.54) is 18.2 Å². The van der Waals surface area contributed by atoms with Gasteiger partial charge in [-0.05, 0) is 23.6 Å². The number of carbonyl (C=O) groups is 1. The maximum Gasteiger partial charge on any atom is 0.454 e. The molecule has 9 heteroatoms. The summed E-state index contributed by atoms with van der Waals surface area (Å²) in [4.78, 5) is 15.8. The molecule has 1 aliphatic rings. The van der Waals surface area contributed by atoms with Gasteiger partial charge in [0.1, 0.15) is 0 Å². The number of anilines is 1. The van der Waals surface area contributed by atoms with Crippen LogP contribution in [0.15, 0.2) is 35.3 Å². The summed E-state index contributed by atoms with van der Waals surface area (Å²) in [6, 6.07) is 5.71. The van der Waals surface area contributed by atoms with Crippen LogP contribution < -0.4 is 4.90 Å². The SMILES string of the molecule is CN1C(C(F)(F)F)=Nc2cccc3c(C(=O)C(F)(F)F)ccc1c23. The Morgan fingerprint density at radius 1 is 1.04 bits per heavy atom. The first-order valence-electron chi connectivity index (χ1n) is 6.58. The highest BCUT2D eigenvalue weighted by atomic mass is 19.4. The van der Waals surface area contributed by atoms with E-state index in [2.05, 4.69) is 4.99 Å². The van der Waals surface area contributed by atoms with E-state index in [-0.39, 0.29) is 22.1 Å². The van der Waals surface area contributed by atoms with Crippen molar-refractivity contribution < 1.29 is 31.1 Å². The van der Waals surface area contributed by atoms with Crippen LogP contribution in [-0.2, 0) is 0 Å². The molecule has 2 aromatic rings. The first-order valence-corrected chi connectivity index (χ1v) is 6.58. The Kier molecular flexibility index (Phi) is 3.36. The lowest BCUT2D eigenvalue weighted by molar-refractivity contribution is -0.0884. The highest BCUT2D eigenvalue weighted by Gasteiger charge is 2.43. The molecule has 0 saturated heterocycles. The molecule has 0 spiro atoms. The summed E-state index contributed by atoms with van der Waals surface area (Å²) in [5.41, 5.74) is -0.728. The van der Waals surface area contributed by atoms with Crippen LogP contribution in [0.3, 0.4) is 0 Å². The van der Waals surface area contributed by atoms with E-state index in [4.69, 9.17) is 0 Å². The standard InChI is InChI=1S/C15H8F6N2O/c1-23-10-6-5-8(12(24)14(16,17)18)7-3-2-4-9(11(7)10)22-13(23)15(19,20)21/h2-6H,1H3. The number of amidine groups is 1. The van der Waals surface area contributed by atoms with E-state index in [0.29, 0.717) is 0 Å². The van der Waals surface area contributed by atoms with Crippen LogP contribution in [0.4, 0.5) is 37.7 Å². The van der Waals surface area contributed by atoms with E-state index < -0.39 is 29.5 Å². The summed E-state index contributed by atoms with van der Waals surface area (Å²) < 4.78 is 77.3. The molecule has 24 heavy (non-hydrogen) atoms. The number of rotatable bonds is 1. The molecule has 3 nitrogen and oxygen atoms in total. The Morgan fingerprint density at radius 2 is 1.71 bits per heavy atom. The second-order valence-corrected chi connectivity index (χ2v) is 5.15. The number of ketones is 1. The molecule has 0 unspecified atom stereocenters. The molecule has 0 saturated carbocycles. The molecule has 0 bridgehead atoms. The lowest BCUT2D eigenvalue weighted by Gasteiger charge is -2.29. The van der Waals surface area contributed by atoms with Crippen LogP contribution in [0, 0.1) is 0 Å². The van der Waals surface area contributed by atoms with E-state index in [0.717, 1.165) is 24.1 Å². The van der Waals surface area contributed by atoms with Gasteiger partial charge in [-0.15, -0.1) is 0 Å². The molecular formula is C15H8F6N2O. The summed E-state index contributed by atoms with van der Waals surface area (Å²) in [5.74, 6) is -3.24. The van der Waals surface area contributed by atoms with Gasteiger partial charge >= 0.3 is 12.4 Å². The fraction of sp³-hybridized carbons (Fsp3) is 0.200. The van der Waals surface area contributed by atoms with Crippen molar-refractivity contribution in [2.24, 2.45) is 4.99 Å². The zero-order valence-electron chi connectivity index (χ0n) is 12.0. The predicted octanol–water partition coefficient (Wildman–Crippen LogP) is 4.63. The van der Waals surface area contributed by atoms with Gasteiger partial charge < -0.3 is 4.90 Å². The molecule has 0 aliphatic carbocycles. The zero-order chi connectivity index (χ0) is 17.9. The van der Waals surface area contributed by atoms with Crippen molar-refractivity contribution in [3.05, 3.63) is 35.9 Å². The smallest absolute Gasteiger partial charge is 0.325 e. The number of hydrogen-bond acceptors (Lipinski definition) is 3. The third-order valence-electron chi connectivity index (χ3n) is 3.66. The lowest BCUT2D eigenvalue weighted by atomic mass is 9.97. The number of hydrogen-bond donors (Lipinski definition) is 0. The quantitative estimate of drug-likeness (QED) is 0.557. The Labute approximate surface area is 131 Å². The summed E-state index contributed by atoms with van der Waals surface area (Å²) in [5, 5.41) is -0.0211. The molecule has 0 aromatic heterocycles. The Morgan fingerprint density at radius 3 is 2.29 bits per heavy atom. The van der Waals surface area contributed by atoms with Gasteiger partial charge in [0, 0.05) is 18.0 Å². The number of benzene rings is 2. The minimum Gasteiger partial charge on any atom is -0.325 e. The van der Waals surface area contributed by atoms with Gasteiger partial charge in [0.15, 0.2) is 0 Å². The van der Waals surface area contributed by atoms with Gasteiger partial charge in [0.05, 0.1) is 11.4 Å². The van der Waals surface area contributed by atoms with Gasteiger partial charge in [-0.3, -0.25) is 4.79 Å². The molecule has 2 aromatic carbocycles. The van der Waals surface area contributed by atoms with Crippen molar-refractivity contribution >= 4 is 33.8 Å². The van der Waals surface area contributed by atoms with Crippen molar-refractivity contribution in [1.29, 1.82) is 0 Å². The molecule has 3 rings (SSSR count). The van der Waals surface area contributed by atoms with Crippen molar-refractivity contribution in [1.82, 2.24) is 0 Å². The van der Waals surface area contributed by atoms with Crippen LogP contribution in [0.1, 0.15) is 10.4 Å². The average molecular weight is 346 g/mol. The predicted molar refractivity (Wildman–Crippen MR) is 75.9 cm³/mol. The van der Waals surface area contributed by atoms with Crippen LogP contribution >= 0.6 is 0 Å². The highest BCUT2D eigenvalue weighted by molar-refractivity contribution is 6.21. The molecule has 1 aliphatic heterocycles. The van der Waals surface area contributed by atoms with Crippen molar-refractivity contribution in [2.45, 2.75) is 12.4 Å². The normalized spacial score (nSPS) is 14.8. The second-order valence-electron chi connectivity index (χ2n) is 5.15. The fourth-order valence-electron chi connectivity index (χ4n) is 2.65. The van der Waals surface area contributed by atoms with E-state index in [1.807, 2.05) is 0 Å². The maximum absolute atomic E-state index is 13.1. The third kappa shape index (κ3) is 2.40. The average Bonchev–Trinajstić information content (AvgIpc) is 2.47. The summed E-state index contributed by atoms with van der Waals surface area (Å²) in [6.45, 7) is 0. The van der Waals surface area contributed by atoms with Crippen LogP contribution in [0.2, 0.25) is 0 Å². The van der Waals surface area contributed by atoms with E-state index >= 15 is 0 Å². The van der Waals surface area contributed by atoms with Gasteiger partial charge in [0.25, 0.3) is 5.78 Å². The molecule has 0 fully saturated rings. The molecule has 0 atom stereocenters. The third-order valence-corrected chi connectivity index (χ3v) is 3.66. The molecular weight excluding hydrogens is 338 g/mol. The molecule has 0 N–H and O–H groups in total. The topological polar surface area (TPSA) is 32.7 Å². The Balaban J connectivity index is 2.32. The summed E-state index contributed by atoms with van der Waals surface area (Å²) >= 11 is 0. The Bertz CT molecular complexity index is 882. The van der Waals surface area contributed by atoms with Crippen LogP contribution in [-0.4, -0.2) is 31.0 Å². The Hall–Kier alpha value is -2.58. The summed E-state index contributed by atoms with van der Waals surface area (Å²) in [7, 11) is 1.11. The molecule has 1 heterocycles. The van der Waals surface area contributed by atoms with Crippen molar-refractivity contribution in [3.63, 3.8) is 0 Å². The number of aliphatic imine (C=N–C) groups is 1. The van der Waals surface area contributed by atoms with Crippen LogP contribution in [0.25, 0.3) is 10.8 Å². The number of nitrogens with zero attached hydrogens (tertiary/aromatic N) is 2. The van der Waals surface area contributed by atoms with Gasteiger partial charge in [-0.1, -0.05) is 12.1 Å². The number of halogens is 6. The minimum atomic E-state index is -5.08. The molecule has 126 valence electrons. The monoisotopic (exact) mass is 346 g/mol. The summed E-state index contributed by atoms with van der Waals surface area (Å²) in [6.07, 6.45) is -9.81. The largest absolute Gasteiger partial charge is 0.454 e. The maximum atomic E-state index is 13.1. The zero-order valence-corrected chi connectivity index (χ0v) is 12.0. The number of carbonyl (C=O) groups excluding carboxylic acids is 1. The first kappa shape index (κ1) is 16.3. The fourth-order valence-corrected chi connectivity index (χ4v) is 2.65. The van der Waals surface area contributed by atoms with E-state index in [1.54, 1.807) is 0 Å². The van der Waals surface area contributed by atoms with Crippen LogP contribution in [0.5, 0.6) is 0 Å². The lowest BCUT2D eigenvalue weighted by Crippen LogP contribution is -2.40. The second kappa shape index (κ2) is 4.96. The molecule has 0 radical (unpaired) electrons.